The molecule has 3 aromatic rings. The molecular formula is C21H17ClN6O3. The van der Waals surface area contributed by atoms with E-state index in [-0.39, 0.29) is 12.6 Å². The molecular weight excluding hydrogens is 420 g/mol. The van der Waals surface area contributed by atoms with E-state index in [1.54, 1.807) is 48.8 Å². The standard InChI is InChI=1S/C21H17ClN6O3/c22-19-10-15(3-6-24-19)26-20-25-7-4-17(27-20)13-1-2-18(14(9-13)11-23)31-16-5-8-28(12-16)21(29)30/h1-4,6-7,9-10,16H,5,8,12H2,(H,29,30)(H,24,25,26,27)/t16-/m1/s1. The van der Waals surface area contributed by atoms with E-state index in [0.29, 0.717) is 46.8 Å². The molecule has 1 aromatic carbocycles. The van der Waals surface area contributed by atoms with Gasteiger partial charge in [0.2, 0.25) is 5.95 Å². The molecule has 0 aliphatic carbocycles. The number of nitrogens with zero attached hydrogens (tertiary/aromatic N) is 5. The minimum atomic E-state index is -0.968. The van der Waals surface area contributed by atoms with Gasteiger partial charge in [0.1, 0.15) is 23.1 Å². The molecule has 1 aliphatic heterocycles. The Kier molecular flexibility index (Phi) is 5.82. The highest BCUT2D eigenvalue weighted by atomic mass is 35.5. The number of nitrogens with one attached hydrogen (secondary N) is 1. The van der Waals surface area contributed by atoms with Crippen molar-refractivity contribution < 1.29 is 14.6 Å². The molecule has 1 amide bonds. The maximum atomic E-state index is 11.1. The van der Waals surface area contributed by atoms with Gasteiger partial charge in [-0.2, -0.15) is 5.26 Å². The predicted molar refractivity (Wildman–Crippen MR) is 113 cm³/mol. The molecule has 0 bridgehead atoms. The molecule has 1 fully saturated rings. The highest BCUT2D eigenvalue weighted by molar-refractivity contribution is 6.29. The average Bonchev–Trinajstić information content (AvgIpc) is 3.23. The summed E-state index contributed by atoms with van der Waals surface area (Å²) in [6.07, 6.45) is 2.52. The second-order valence-corrected chi connectivity index (χ2v) is 7.22. The molecule has 0 radical (unpaired) electrons. The Balaban J connectivity index is 1.53. The van der Waals surface area contributed by atoms with Crippen LogP contribution in [0.4, 0.5) is 16.4 Å². The van der Waals surface area contributed by atoms with Crippen LogP contribution in [0, 0.1) is 11.3 Å². The number of carboxylic acid groups (broad SMARTS) is 1. The van der Waals surface area contributed by atoms with Crippen molar-refractivity contribution in [2.24, 2.45) is 0 Å². The first-order chi connectivity index (χ1) is 15.0. The average molecular weight is 437 g/mol. The molecule has 2 aromatic heterocycles. The quantitative estimate of drug-likeness (QED) is 0.576. The van der Waals surface area contributed by atoms with Crippen LogP contribution in [-0.4, -0.2) is 50.2 Å². The Morgan fingerprint density at radius 2 is 2.10 bits per heavy atom. The first-order valence-electron chi connectivity index (χ1n) is 9.42. The zero-order valence-electron chi connectivity index (χ0n) is 16.2. The number of likely N-dealkylation sites (tertiary alicyclic amines) is 1. The lowest BCUT2D eigenvalue weighted by atomic mass is 10.1. The number of benzene rings is 1. The molecule has 4 rings (SSSR count). The van der Waals surface area contributed by atoms with Crippen molar-refractivity contribution >= 4 is 29.3 Å². The summed E-state index contributed by atoms with van der Waals surface area (Å²) >= 11 is 5.90. The summed E-state index contributed by atoms with van der Waals surface area (Å²) in [6, 6.07) is 12.5. The number of pyridine rings is 1. The maximum absolute atomic E-state index is 11.1. The third kappa shape index (κ3) is 4.82. The normalized spacial score (nSPS) is 15.4. The number of ether oxygens (including phenoxy) is 1. The number of hydrogen-bond acceptors (Lipinski definition) is 7. The molecule has 156 valence electrons. The Hall–Kier alpha value is -3.90. The number of anilines is 2. The van der Waals surface area contributed by atoms with E-state index in [1.165, 1.54) is 4.90 Å². The molecule has 2 N–H and O–H groups in total. The van der Waals surface area contributed by atoms with Gasteiger partial charge in [0.05, 0.1) is 17.8 Å². The number of hydrogen-bond donors (Lipinski definition) is 2. The molecule has 0 spiro atoms. The van der Waals surface area contributed by atoms with E-state index in [2.05, 4.69) is 26.3 Å². The van der Waals surface area contributed by atoms with Crippen LogP contribution >= 0.6 is 11.6 Å². The van der Waals surface area contributed by atoms with Gasteiger partial charge in [-0.05, 0) is 36.4 Å². The van der Waals surface area contributed by atoms with Gasteiger partial charge in [-0.1, -0.05) is 11.6 Å². The molecule has 31 heavy (non-hydrogen) atoms. The van der Waals surface area contributed by atoms with Crippen LogP contribution in [0.25, 0.3) is 11.3 Å². The van der Waals surface area contributed by atoms with Crippen LogP contribution in [0.2, 0.25) is 5.15 Å². The maximum Gasteiger partial charge on any atom is 0.407 e. The lowest BCUT2D eigenvalue weighted by Crippen LogP contribution is -2.29. The molecule has 10 heteroatoms. The summed E-state index contributed by atoms with van der Waals surface area (Å²) in [4.78, 5) is 25.0. The number of rotatable bonds is 5. The summed E-state index contributed by atoms with van der Waals surface area (Å²) in [6.45, 7) is 0.696. The van der Waals surface area contributed by atoms with Crippen molar-refractivity contribution in [2.45, 2.75) is 12.5 Å². The Morgan fingerprint density at radius 1 is 1.26 bits per heavy atom. The zero-order chi connectivity index (χ0) is 21.8. The largest absolute Gasteiger partial charge is 0.487 e. The fourth-order valence-electron chi connectivity index (χ4n) is 3.25. The first kappa shape index (κ1) is 20.4. The number of aromatic nitrogens is 3. The lowest BCUT2D eigenvalue weighted by Gasteiger charge is -2.16. The monoisotopic (exact) mass is 436 g/mol. The van der Waals surface area contributed by atoms with Gasteiger partial charge in [-0.15, -0.1) is 0 Å². The molecule has 1 atom stereocenters. The van der Waals surface area contributed by atoms with E-state index >= 15 is 0 Å². The summed E-state index contributed by atoms with van der Waals surface area (Å²) in [5.74, 6) is 0.792. The van der Waals surface area contributed by atoms with Crippen molar-refractivity contribution in [3.63, 3.8) is 0 Å². The Bertz CT molecular complexity index is 1170. The summed E-state index contributed by atoms with van der Waals surface area (Å²) in [5.41, 5.74) is 2.39. The van der Waals surface area contributed by atoms with Gasteiger partial charge in [0, 0.05) is 36.6 Å². The molecule has 0 saturated carbocycles. The van der Waals surface area contributed by atoms with E-state index in [4.69, 9.17) is 21.4 Å². The van der Waals surface area contributed by atoms with Crippen LogP contribution in [-0.2, 0) is 0 Å². The molecule has 1 aliphatic rings. The predicted octanol–water partition coefficient (Wildman–Crippen LogP) is 3.94. The van der Waals surface area contributed by atoms with Gasteiger partial charge >= 0.3 is 6.09 Å². The van der Waals surface area contributed by atoms with Gasteiger partial charge in [-0.25, -0.2) is 19.7 Å². The summed E-state index contributed by atoms with van der Waals surface area (Å²) in [7, 11) is 0. The fraction of sp³-hybridized carbons (Fsp3) is 0.190. The van der Waals surface area contributed by atoms with Crippen LogP contribution in [0.15, 0.2) is 48.8 Å². The summed E-state index contributed by atoms with van der Waals surface area (Å²) in [5, 5.41) is 22.1. The number of halogens is 1. The lowest BCUT2D eigenvalue weighted by molar-refractivity contribution is 0.145. The third-order valence-electron chi connectivity index (χ3n) is 4.74. The van der Waals surface area contributed by atoms with Crippen LogP contribution in [0.3, 0.4) is 0 Å². The number of amides is 1. The molecule has 0 unspecified atom stereocenters. The fourth-order valence-corrected chi connectivity index (χ4v) is 3.42. The van der Waals surface area contributed by atoms with Gasteiger partial charge < -0.3 is 20.1 Å². The van der Waals surface area contributed by atoms with E-state index < -0.39 is 6.09 Å². The summed E-state index contributed by atoms with van der Waals surface area (Å²) < 4.78 is 5.89. The van der Waals surface area contributed by atoms with E-state index in [9.17, 15) is 10.1 Å². The van der Waals surface area contributed by atoms with Crippen LogP contribution in [0.5, 0.6) is 5.75 Å². The Labute approximate surface area is 182 Å². The van der Waals surface area contributed by atoms with E-state index in [0.717, 1.165) is 5.56 Å². The number of carbonyl (C=O) groups is 1. The highest BCUT2D eigenvalue weighted by Gasteiger charge is 2.27. The molecule has 3 heterocycles. The number of nitriles is 1. The van der Waals surface area contributed by atoms with Gasteiger partial charge in [0.25, 0.3) is 0 Å². The smallest absolute Gasteiger partial charge is 0.407 e. The van der Waals surface area contributed by atoms with Crippen LogP contribution < -0.4 is 10.1 Å². The molecule has 1 saturated heterocycles. The topological polar surface area (TPSA) is 124 Å². The van der Waals surface area contributed by atoms with E-state index in [1.807, 2.05) is 0 Å². The van der Waals surface area contributed by atoms with Gasteiger partial charge in [-0.3, -0.25) is 0 Å². The Morgan fingerprint density at radius 3 is 2.84 bits per heavy atom. The van der Waals surface area contributed by atoms with Crippen molar-refractivity contribution in [3.05, 3.63) is 59.5 Å². The van der Waals surface area contributed by atoms with Gasteiger partial charge in [0.15, 0.2) is 0 Å². The van der Waals surface area contributed by atoms with Crippen molar-refractivity contribution in [1.82, 2.24) is 19.9 Å². The van der Waals surface area contributed by atoms with Crippen LogP contribution in [0.1, 0.15) is 12.0 Å². The van der Waals surface area contributed by atoms with Crippen molar-refractivity contribution in [2.75, 3.05) is 18.4 Å². The SMILES string of the molecule is N#Cc1cc(-c2ccnc(Nc3ccnc(Cl)c3)n2)ccc1O[C@@H]1CCN(C(=O)O)C1. The second-order valence-electron chi connectivity index (χ2n) is 6.84. The van der Waals surface area contributed by atoms with Crippen molar-refractivity contribution in [1.29, 1.82) is 5.26 Å². The zero-order valence-corrected chi connectivity index (χ0v) is 17.0. The third-order valence-corrected chi connectivity index (χ3v) is 4.95. The highest BCUT2D eigenvalue weighted by Crippen LogP contribution is 2.28. The minimum absolute atomic E-state index is 0.280. The van der Waals surface area contributed by atoms with Crippen molar-refractivity contribution in [3.8, 4) is 23.1 Å². The minimum Gasteiger partial charge on any atom is -0.487 e. The first-order valence-corrected chi connectivity index (χ1v) is 9.80. The molecule has 9 nitrogen and oxygen atoms in total. The second kappa shape index (κ2) is 8.85.